The normalized spacial score (nSPS) is 17.7. The molecule has 23 heavy (non-hydrogen) atoms. The van der Waals surface area contributed by atoms with E-state index in [9.17, 15) is 4.79 Å². The number of nitrogens with two attached hydrogens (primary N) is 1. The third-order valence-corrected chi connectivity index (χ3v) is 5.21. The van der Waals surface area contributed by atoms with Crippen LogP contribution in [0, 0.1) is 5.92 Å². The van der Waals surface area contributed by atoms with E-state index in [0.29, 0.717) is 24.8 Å². The zero-order valence-corrected chi connectivity index (χ0v) is 14.3. The van der Waals surface area contributed by atoms with Crippen LogP contribution in [-0.4, -0.2) is 40.1 Å². The summed E-state index contributed by atoms with van der Waals surface area (Å²) in [5, 5.41) is 6.06. The van der Waals surface area contributed by atoms with E-state index in [0.717, 1.165) is 17.7 Å². The summed E-state index contributed by atoms with van der Waals surface area (Å²) in [6.45, 7) is 5.33. The zero-order chi connectivity index (χ0) is 16.4. The molecule has 2 N–H and O–H groups in total. The van der Waals surface area contributed by atoms with Gasteiger partial charge in [-0.2, -0.15) is 4.98 Å². The molecule has 1 fully saturated rings. The molecule has 0 aromatic carbocycles. The van der Waals surface area contributed by atoms with Gasteiger partial charge in [-0.3, -0.25) is 4.79 Å². The summed E-state index contributed by atoms with van der Waals surface area (Å²) in [4.78, 5) is 19.7. The van der Waals surface area contributed by atoms with Crippen LogP contribution in [0.15, 0.2) is 22.0 Å². The molecule has 0 spiro atoms. The number of rotatable bonds is 4. The first-order chi connectivity index (χ1) is 11.1. The first kappa shape index (κ1) is 16.1. The number of likely N-dealkylation sites (tertiary alicyclic amines) is 1. The van der Waals surface area contributed by atoms with Crippen molar-refractivity contribution < 1.29 is 9.32 Å². The van der Waals surface area contributed by atoms with Crippen LogP contribution in [0.3, 0.4) is 0 Å². The van der Waals surface area contributed by atoms with Crippen molar-refractivity contribution in [2.45, 2.75) is 38.6 Å². The largest absolute Gasteiger partial charge is 0.341 e. The first-order valence-corrected chi connectivity index (χ1v) is 8.86. The Hall–Kier alpha value is -1.73. The van der Waals surface area contributed by atoms with Crippen LogP contribution in [0.25, 0.3) is 10.7 Å². The average molecular weight is 334 g/mol. The molecule has 0 bridgehead atoms. The van der Waals surface area contributed by atoms with Crippen molar-refractivity contribution in [3.05, 3.63) is 23.4 Å². The fraction of sp³-hybridized carbons (Fsp3) is 0.562. The van der Waals surface area contributed by atoms with Gasteiger partial charge in [-0.05, 0) is 30.2 Å². The molecule has 1 amide bonds. The lowest BCUT2D eigenvalue weighted by molar-refractivity contribution is -0.134. The van der Waals surface area contributed by atoms with Crippen molar-refractivity contribution in [3.8, 4) is 10.7 Å². The predicted octanol–water partition coefficient (Wildman–Crippen LogP) is 2.49. The Bertz CT molecular complexity index is 645. The minimum Gasteiger partial charge on any atom is -0.341 e. The van der Waals surface area contributed by atoms with Gasteiger partial charge in [0.2, 0.25) is 17.6 Å². The lowest BCUT2D eigenvalue weighted by Crippen LogP contribution is -2.49. The molecule has 7 heteroatoms. The van der Waals surface area contributed by atoms with Crippen molar-refractivity contribution in [3.63, 3.8) is 0 Å². The molecule has 124 valence electrons. The van der Waals surface area contributed by atoms with Gasteiger partial charge in [-0.15, -0.1) is 11.3 Å². The predicted molar refractivity (Wildman–Crippen MR) is 89.0 cm³/mol. The Labute approximate surface area is 139 Å². The highest BCUT2D eigenvalue weighted by Gasteiger charge is 2.30. The van der Waals surface area contributed by atoms with Gasteiger partial charge in [0.1, 0.15) is 0 Å². The highest BCUT2D eigenvalue weighted by Crippen LogP contribution is 2.30. The SMILES string of the molecule is CC(C)[C@H](N)C(=O)N1CCC(c2nc(-c3cccs3)no2)CC1. The molecule has 1 saturated heterocycles. The Balaban J connectivity index is 1.60. The van der Waals surface area contributed by atoms with Crippen molar-refractivity contribution in [1.82, 2.24) is 15.0 Å². The Morgan fingerprint density at radius 2 is 2.17 bits per heavy atom. The molecular weight excluding hydrogens is 312 g/mol. The number of aromatic nitrogens is 2. The van der Waals surface area contributed by atoms with E-state index in [1.165, 1.54) is 0 Å². The maximum absolute atomic E-state index is 12.3. The van der Waals surface area contributed by atoms with Crippen molar-refractivity contribution in [1.29, 1.82) is 0 Å². The number of hydrogen-bond donors (Lipinski definition) is 1. The van der Waals surface area contributed by atoms with Gasteiger partial charge >= 0.3 is 0 Å². The molecule has 1 aliphatic heterocycles. The third kappa shape index (κ3) is 3.45. The molecule has 3 heterocycles. The van der Waals surface area contributed by atoms with E-state index in [-0.39, 0.29) is 17.7 Å². The van der Waals surface area contributed by atoms with Crippen molar-refractivity contribution >= 4 is 17.2 Å². The molecule has 1 aliphatic rings. The summed E-state index contributed by atoms with van der Waals surface area (Å²) >= 11 is 1.59. The van der Waals surface area contributed by atoms with Gasteiger partial charge in [-0.1, -0.05) is 25.1 Å². The first-order valence-electron chi connectivity index (χ1n) is 7.98. The number of thiophene rings is 1. The Kier molecular flexibility index (Phi) is 4.77. The molecule has 0 radical (unpaired) electrons. The summed E-state index contributed by atoms with van der Waals surface area (Å²) in [5.41, 5.74) is 5.96. The maximum Gasteiger partial charge on any atom is 0.239 e. The van der Waals surface area contributed by atoms with E-state index >= 15 is 0 Å². The minimum absolute atomic E-state index is 0.0447. The molecule has 0 unspecified atom stereocenters. The second-order valence-corrected chi connectivity index (χ2v) is 7.25. The molecule has 1 atom stereocenters. The smallest absolute Gasteiger partial charge is 0.239 e. The van der Waals surface area contributed by atoms with Crippen LogP contribution in [0.4, 0.5) is 0 Å². The minimum atomic E-state index is -0.416. The van der Waals surface area contributed by atoms with Crippen LogP contribution < -0.4 is 5.73 Å². The molecular formula is C16H22N4O2S. The zero-order valence-electron chi connectivity index (χ0n) is 13.4. The second-order valence-electron chi connectivity index (χ2n) is 6.30. The lowest BCUT2D eigenvalue weighted by atomic mass is 9.95. The van der Waals surface area contributed by atoms with E-state index in [1.807, 2.05) is 36.3 Å². The van der Waals surface area contributed by atoms with Crippen LogP contribution >= 0.6 is 11.3 Å². The van der Waals surface area contributed by atoms with E-state index < -0.39 is 6.04 Å². The van der Waals surface area contributed by atoms with Crippen LogP contribution in [0.1, 0.15) is 38.5 Å². The summed E-state index contributed by atoms with van der Waals surface area (Å²) in [7, 11) is 0. The van der Waals surface area contributed by atoms with Crippen molar-refractivity contribution in [2.24, 2.45) is 11.7 Å². The topological polar surface area (TPSA) is 85.3 Å². The number of carbonyl (C=O) groups is 1. The second kappa shape index (κ2) is 6.80. The number of carbonyl (C=O) groups excluding carboxylic acids is 1. The van der Waals surface area contributed by atoms with Crippen molar-refractivity contribution in [2.75, 3.05) is 13.1 Å². The summed E-state index contributed by atoms with van der Waals surface area (Å²) in [6.07, 6.45) is 1.67. The van der Waals surface area contributed by atoms with Gasteiger partial charge in [0.15, 0.2) is 0 Å². The lowest BCUT2D eigenvalue weighted by Gasteiger charge is -2.33. The highest BCUT2D eigenvalue weighted by molar-refractivity contribution is 7.13. The van der Waals surface area contributed by atoms with Gasteiger partial charge in [0.05, 0.1) is 10.9 Å². The standard InChI is InChI=1S/C16H22N4O2S/c1-10(2)13(17)16(21)20-7-5-11(6-8-20)15-18-14(19-22-15)12-4-3-9-23-12/h3-4,9-11,13H,5-8,17H2,1-2H3/t13-/m0/s1. The molecule has 2 aromatic rings. The number of nitrogens with zero attached hydrogens (tertiary/aromatic N) is 3. The fourth-order valence-corrected chi connectivity index (χ4v) is 3.40. The summed E-state index contributed by atoms with van der Waals surface area (Å²) in [6, 6.07) is 3.53. The fourth-order valence-electron chi connectivity index (χ4n) is 2.75. The van der Waals surface area contributed by atoms with Crippen LogP contribution in [0.5, 0.6) is 0 Å². The molecule has 2 aromatic heterocycles. The van der Waals surface area contributed by atoms with E-state index in [1.54, 1.807) is 11.3 Å². The van der Waals surface area contributed by atoms with Crippen LogP contribution in [-0.2, 0) is 4.79 Å². The highest BCUT2D eigenvalue weighted by atomic mass is 32.1. The van der Waals surface area contributed by atoms with E-state index in [2.05, 4.69) is 10.1 Å². The Morgan fingerprint density at radius 3 is 2.78 bits per heavy atom. The Morgan fingerprint density at radius 1 is 1.43 bits per heavy atom. The molecule has 3 rings (SSSR count). The molecule has 0 saturated carbocycles. The maximum atomic E-state index is 12.3. The monoisotopic (exact) mass is 334 g/mol. The quantitative estimate of drug-likeness (QED) is 0.928. The average Bonchev–Trinajstić information content (AvgIpc) is 3.24. The third-order valence-electron chi connectivity index (χ3n) is 4.34. The summed E-state index contributed by atoms with van der Waals surface area (Å²) < 4.78 is 5.43. The van der Waals surface area contributed by atoms with Gasteiger partial charge < -0.3 is 15.2 Å². The van der Waals surface area contributed by atoms with Crippen LogP contribution in [0.2, 0.25) is 0 Å². The molecule has 0 aliphatic carbocycles. The number of hydrogen-bond acceptors (Lipinski definition) is 6. The molecule has 6 nitrogen and oxygen atoms in total. The number of amides is 1. The number of piperidine rings is 1. The van der Waals surface area contributed by atoms with Gasteiger partial charge in [0.25, 0.3) is 0 Å². The van der Waals surface area contributed by atoms with E-state index in [4.69, 9.17) is 10.3 Å². The summed E-state index contributed by atoms with van der Waals surface area (Å²) in [5.74, 6) is 1.74. The van der Waals surface area contributed by atoms with Gasteiger partial charge in [0, 0.05) is 19.0 Å². The van der Waals surface area contributed by atoms with Gasteiger partial charge in [-0.25, -0.2) is 0 Å².